The van der Waals surface area contributed by atoms with Crippen molar-refractivity contribution in [2.75, 3.05) is 9.80 Å². The smallest absolute Gasteiger partial charge is 0.0703 e. The number of fused-ring (bicyclic) bond motifs is 8. The van der Waals surface area contributed by atoms with Crippen molar-refractivity contribution in [3.8, 4) is 22.3 Å². The number of rotatable bonds is 2. The highest BCUT2D eigenvalue weighted by Crippen LogP contribution is 2.59. The molecule has 0 saturated heterocycles. The van der Waals surface area contributed by atoms with Gasteiger partial charge < -0.3 is 9.80 Å². The summed E-state index contributed by atoms with van der Waals surface area (Å²) in [6.45, 7) is 14.2. The van der Waals surface area contributed by atoms with E-state index in [1.807, 2.05) is 0 Å². The van der Waals surface area contributed by atoms with Gasteiger partial charge >= 0.3 is 0 Å². The lowest BCUT2D eigenvalue weighted by Gasteiger charge is -2.40. The second-order valence-electron chi connectivity index (χ2n) is 14.4. The summed E-state index contributed by atoms with van der Waals surface area (Å²) >= 11 is 0. The molecule has 0 radical (unpaired) electrons. The molecule has 9 rings (SSSR count). The maximum Gasteiger partial charge on any atom is 0.0703 e. The van der Waals surface area contributed by atoms with E-state index in [1.54, 1.807) is 0 Å². The molecule has 0 amide bonds. The first-order valence-corrected chi connectivity index (χ1v) is 16.5. The molecule has 0 fully saturated rings. The maximum absolute atomic E-state index is 2.54. The molecule has 6 aromatic carbocycles. The Morgan fingerprint density at radius 1 is 0.391 bits per heavy atom. The third-order valence-corrected chi connectivity index (χ3v) is 11.0. The fraction of sp³-hybridized carbons (Fsp3) is 0.182. The quantitative estimate of drug-likeness (QED) is 0.196. The summed E-state index contributed by atoms with van der Waals surface area (Å²) in [5, 5.41) is 0. The molecule has 224 valence electrons. The van der Waals surface area contributed by atoms with Gasteiger partial charge in [-0.2, -0.15) is 0 Å². The average molecular weight is 595 g/mol. The number of hydrogen-bond donors (Lipinski definition) is 0. The predicted octanol–water partition coefficient (Wildman–Crippen LogP) is 12.2. The van der Waals surface area contributed by atoms with E-state index in [0.29, 0.717) is 0 Å². The Balaban J connectivity index is 1.25. The van der Waals surface area contributed by atoms with Crippen LogP contribution in [0.15, 0.2) is 121 Å². The van der Waals surface area contributed by atoms with Crippen molar-refractivity contribution in [1.82, 2.24) is 0 Å². The van der Waals surface area contributed by atoms with E-state index in [9.17, 15) is 0 Å². The van der Waals surface area contributed by atoms with E-state index >= 15 is 0 Å². The van der Waals surface area contributed by atoms with Crippen molar-refractivity contribution in [3.05, 3.63) is 155 Å². The van der Waals surface area contributed by atoms with Gasteiger partial charge in [0, 0.05) is 22.2 Å². The van der Waals surface area contributed by atoms with Crippen LogP contribution in [-0.4, -0.2) is 0 Å². The molecule has 3 aliphatic rings. The Hall–Kier alpha value is -5.08. The minimum Gasteiger partial charge on any atom is -0.306 e. The van der Waals surface area contributed by atoms with Gasteiger partial charge in [0.05, 0.1) is 22.7 Å². The minimum absolute atomic E-state index is 0.0295. The van der Waals surface area contributed by atoms with E-state index in [1.165, 1.54) is 84.1 Å². The first kappa shape index (κ1) is 27.2. The van der Waals surface area contributed by atoms with Crippen LogP contribution in [0.2, 0.25) is 0 Å². The number of anilines is 6. The van der Waals surface area contributed by atoms with Gasteiger partial charge in [-0.1, -0.05) is 88.4 Å². The minimum atomic E-state index is -0.138. The largest absolute Gasteiger partial charge is 0.306 e. The molecule has 1 heterocycles. The van der Waals surface area contributed by atoms with Crippen LogP contribution < -0.4 is 9.80 Å². The predicted molar refractivity (Wildman–Crippen MR) is 194 cm³/mol. The number of aryl methyl sites for hydroxylation is 2. The van der Waals surface area contributed by atoms with E-state index < -0.39 is 0 Å². The molecule has 0 unspecified atom stereocenters. The van der Waals surface area contributed by atoms with E-state index in [0.717, 1.165) is 5.69 Å². The zero-order valence-electron chi connectivity index (χ0n) is 27.4. The first-order chi connectivity index (χ1) is 22.2. The SMILES string of the molecule is Cc1cccc2c1-c1cc3c(cc1C2(C)C)-c1c(C)cc(N2c4ccccc4N(c4ccccc4)c4ccccc42)cc1C3(C)C. The van der Waals surface area contributed by atoms with Crippen molar-refractivity contribution in [2.45, 2.75) is 52.4 Å². The second kappa shape index (κ2) is 9.23. The molecule has 46 heavy (non-hydrogen) atoms. The Labute approximate surface area is 272 Å². The fourth-order valence-corrected chi connectivity index (χ4v) is 8.71. The number of para-hydroxylation sites is 5. The number of benzene rings is 6. The lowest BCUT2D eigenvalue weighted by atomic mass is 9.79. The van der Waals surface area contributed by atoms with E-state index in [-0.39, 0.29) is 10.8 Å². The molecule has 0 saturated carbocycles. The molecular formula is C44H38N2. The van der Waals surface area contributed by atoms with Crippen LogP contribution in [-0.2, 0) is 10.8 Å². The molecule has 0 bridgehead atoms. The third-order valence-electron chi connectivity index (χ3n) is 11.0. The first-order valence-electron chi connectivity index (χ1n) is 16.5. The van der Waals surface area contributed by atoms with E-state index in [4.69, 9.17) is 0 Å². The molecule has 2 aliphatic carbocycles. The lowest BCUT2D eigenvalue weighted by Crippen LogP contribution is -2.24. The average Bonchev–Trinajstić information content (AvgIpc) is 3.43. The van der Waals surface area contributed by atoms with Gasteiger partial charge in [0.2, 0.25) is 0 Å². The van der Waals surface area contributed by atoms with Crippen LogP contribution in [0.5, 0.6) is 0 Å². The van der Waals surface area contributed by atoms with Crippen molar-refractivity contribution >= 4 is 34.1 Å². The highest BCUT2D eigenvalue weighted by Gasteiger charge is 2.43. The van der Waals surface area contributed by atoms with Crippen molar-refractivity contribution in [3.63, 3.8) is 0 Å². The molecule has 2 heteroatoms. The van der Waals surface area contributed by atoms with Gasteiger partial charge in [-0.15, -0.1) is 0 Å². The van der Waals surface area contributed by atoms with Gasteiger partial charge in [-0.25, -0.2) is 0 Å². The molecule has 0 aromatic heterocycles. The van der Waals surface area contributed by atoms with Crippen molar-refractivity contribution < 1.29 is 0 Å². The number of nitrogens with zero attached hydrogens (tertiary/aromatic N) is 2. The zero-order chi connectivity index (χ0) is 31.5. The summed E-state index contributed by atoms with van der Waals surface area (Å²) in [5.41, 5.74) is 21.0. The van der Waals surface area contributed by atoms with Crippen LogP contribution in [0, 0.1) is 13.8 Å². The topological polar surface area (TPSA) is 6.48 Å². The summed E-state index contributed by atoms with van der Waals surface area (Å²) in [4.78, 5) is 4.86. The Bertz CT molecular complexity index is 2190. The normalized spacial score (nSPS) is 15.9. The summed E-state index contributed by atoms with van der Waals surface area (Å²) in [7, 11) is 0. The van der Waals surface area contributed by atoms with Gasteiger partial charge in [0.1, 0.15) is 0 Å². The molecular weight excluding hydrogens is 556 g/mol. The highest BCUT2D eigenvalue weighted by atomic mass is 15.3. The van der Waals surface area contributed by atoms with Crippen LogP contribution in [0.1, 0.15) is 61.1 Å². The molecule has 0 N–H and O–H groups in total. The zero-order valence-corrected chi connectivity index (χ0v) is 27.4. The standard InChI is InChI=1S/C44H38N2/c1-27-15-14-18-33-41(27)31-25-35-32(26-34(31)43(33,3)4)42-28(2)23-30(24-36(42)44(35,5)6)46-39-21-12-10-19-37(39)45(29-16-8-7-9-17-29)38-20-11-13-22-40(38)46/h7-26H,1-6H3. The van der Waals surface area contributed by atoms with Crippen LogP contribution in [0.4, 0.5) is 34.1 Å². The summed E-state index contributed by atoms with van der Waals surface area (Å²) < 4.78 is 0. The third kappa shape index (κ3) is 3.47. The Morgan fingerprint density at radius 2 is 0.870 bits per heavy atom. The maximum atomic E-state index is 2.54. The highest BCUT2D eigenvalue weighted by molar-refractivity contribution is 6.02. The molecule has 0 atom stereocenters. The lowest BCUT2D eigenvalue weighted by molar-refractivity contribution is 0.652. The van der Waals surface area contributed by atoms with E-state index in [2.05, 4.69) is 173 Å². The summed E-state index contributed by atoms with van der Waals surface area (Å²) in [6, 6.07) is 45.1. The second-order valence-corrected chi connectivity index (χ2v) is 14.4. The molecule has 0 spiro atoms. The van der Waals surface area contributed by atoms with Crippen LogP contribution in [0.25, 0.3) is 22.3 Å². The molecule has 6 aromatic rings. The Kier molecular flexibility index (Phi) is 5.47. The van der Waals surface area contributed by atoms with Gasteiger partial charge in [0.15, 0.2) is 0 Å². The van der Waals surface area contributed by atoms with Crippen LogP contribution in [0.3, 0.4) is 0 Å². The summed E-state index contributed by atoms with van der Waals surface area (Å²) in [6.07, 6.45) is 0. The van der Waals surface area contributed by atoms with Gasteiger partial charge in [-0.05, 0) is 130 Å². The van der Waals surface area contributed by atoms with Crippen molar-refractivity contribution in [2.24, 2.45) is 0 Å². The number of hydrogen-bond acceptors (Lipinski definition) is 2. The fourth-order valence-electron chi connectivity index (χ4n) is 8.71. The van der Waals surface area contributed by atoms with Crippen LogP contribution >= 0.6 is 0 Å². The summed E-state index contributed by atoms with van der Waals surface area (Å²) in [5.74, 6) is 0. The van der Waals surface area contributed by atoms with Gasteiger partial charge in [0.25, 0.3) is 0 Å². The monoisotopic (exact) mass is 594 g/mol. The molecule has 1 aliphatic heterocycles. The Morgan fingerprint density at radius 3 is 1.43 bits per heavy atom. The van der Waals surface area contributed by atoms with Crippen molar-refractivity contribution in [1.29, 1.82) is 0 Å². The van der Waals surface area contributed by atoms with Gasteiger partial charge in [-0.3, -0.25) is 0 Å². The molecule has 2 nitrogen and oxygen atoms in total.